The molecule has 0 bridgehead atoms. The Morgan fingerprint density at radius 1 is 1.53 bits per heavy atom. The molecule has 1 aliphatic heterocycles. The molecule has 0 spiro atoms. The molecule has 0 saturated carbocycles. The topological polar surface area (TPSA) is 41.1 Å². The van der Waals surface area contributed by atoms with Crippen LogP contribution in [0.3, 0.4) is 0 Å². The van der Waals surface area contributed by atoms with E-state index in [-0.39, 0.29) is 5.91 Å². The van der Waals surface area contributed by atoms with Gasteiger partial charge in [0.25, 0.3) is 0 Å². The van der Waals surface area contributed by atoms with Crippen LogP contribution >= 0.6 is 11.8 Å². The summed E-state index contributed by atoms with van der Waals surface area (Å²) in [5.74, 6) is 1.43. The van der Waals surface area contributed by atoms with Crippen molar-refractivity contribution in [3.8, 4) is 0 Å². The third-order valence-corrected chi connectivity index (χ3v) is 4.24. The van der Waals surface area contributed by atoms with Gasteiger partial charge in [0.1, 0.15) is 0 Å². The van der Waals surface area contributed by atoms with Crippen LogP contribution in [0.1, 0.15) is 33.1 Å². The Hall–Kier alpha value is -0.220. The first-order valence-electron chi connectivity index (χ1n) is 5.78. The fourth-order valence-electron chi connectivity index (χ4n) is 1.82. The highest BCUT2D eigenvalue weighted by atomic mass is 32.2. The van der Waals surface area contributed by atoms with Crippen molar-refractivity contribution in [3.05, 3.63) is 0 Å². The molecule has 1 atom stereocenters. The van der Waals surface area contributed by atoms with Gasteiger partial charge in [0, 0.05) is 30.8 Å². The number of hydrogen-bond donors (Lipinski definition) is 2. The molecule has 0 aliphatic carbocycles. The first kappa shape index (κ1) is 12.8. The summed E-state index contributed by atoms with van der Waals surface area (Å²) in [5.41, 5.74) is 0. The van der Waals surface area contributed by atoms with Gasteiger partial charge < -0.3 is 10.6 Å². The van der Waals surface area contributed by atoms with E-state index in [2.05, 4.69) is 29.3 Å². The monoisotopic (exact) mass is 230 g/mol. The molecule has 1 unspecified atom stereocenters. The molecule has 1 fully saturated rings. The Balaban J connectivity index is 2.03. The quantitative estimate of drug-likeness (QED) is 0.678. The molecule has 1 heterocycles. The van der Waals surface area contributed by atoms with Crippen LogP contribution in [0.15, 0.2) is 0 Å². The number of thioether (sulfide) groups is 1. The molecule has 1 saturated heterocycles. The number of carbonyl (C=O) groups excluding carboxylic acids is 1. The van der Waals surface area contributed by atoms with Gasteiger partial charge in [-0.1, -0.05) is 0 Å². The molecule has 1 aliphatic rings. The van der Waals surface area contributed by atoms with E-state index in [0.29, 0.717) is 11.2 Å². The predicted molar refractivity (Wildman–Crippen MR) is 66.3 cm³/mol. The minimum Gasteiger partial charge on any atom is -0.356 e. The molecule has 2 N–H and O–H groups in total. The molecule has 0 aromatic heterocycles. The summed E-state index contributed by atoms with van der Waals surface area (Å²) in [6.45, 7) is 6.80. The van der Waals surface area contributed by atoms with E-state index in [1.54, 1.807) is 0 Å². The second kappa shape index (κ2) is 6.38. The summed E-state index contributed by atoms with van der Waals surface area (Å²) in [6, 6.07) is 0. The van der Waals surface area contributed by atoms with Crippen LogP contribution in [0.4, 0.5) is 0 Å². The van der Waals surface area contributed by atoms with E-state index < -0.39 is 0 Å². The molecule has 4 heteroatoms. The van der Waals surface area contributed by atoms with Crippen molar-refractivity contribution in [2.24, 2.45) is 0 Å². The molecule has 0 aromatic rings. The maximum Gasteiger partial charge on any atom is 0.221 e. The zero-order chi connectivity index (χ0) is 11.1. The van der Waals surface area contributed by atoms with Gasteiger partial charge >= 0.3 is 0 Å². The number of hydrogen-bond acceptors (Lipinski definition) is 3. The lowest BCUT2D eigenvalue weighted by atomic mass is 10.1. The van der Waals surface area contributed by atoms with Gasteiger partial charge in [0.05, 0.1) is 0 Å². The standard InChI is InChI=1S/C11H22N2OS/c1-3-13-10(14)5-7-12-9-11(2)6-4-8-15-11/h12H,3-9H2,1-2H3,(H,13,14). The number of carbonyl (C=O) groups is 1. The zero-order valence-electron chi connectivity index (χ0n) is 9.77. The van der Waals surface area contributed by atoms with E-state index in [1.807, 2.05) is 6.92 Å². The van der Waals surface area contributed by atoms with Gasteiger partial charge in [0.15, 0.2) is 0 Å². The molecule has 0 radical (unpaired) electrons. The third-order valence-electron chi connectivity index (χ3n) is 2.70. The fourth-order valence-corrected chi connectivity index (χ4v) is 3.09. The third kappa shape index (κ3) is 4.89. The van der Waals surface area contributed by atoms with E-state index in [9.17, 15) is 4.79 Å². The summed E-state index contributed by atoms with van der Waals surface area (Å²) in [5, 5.41) is 6.17. The lowest BCUT2D eigenvalue weighted by molar-refractivity contribution is -0.120. The normalized spacial score (nSPS) is 25.5. The van der Waals surface area contributed by atoms with Crippen LogP contribution in [0, 0.1) is 0 Å². The maximum absolute atomic E-state index is 11.2. The van der Waals surface area contributed by atoms with E-state index >= 15 is 0 Å². The molecule has 0 aromatic carbocycles. The molecule has 88 valence electrons. The second-order valence-electron chi connectivity index (χ2n) is 4.28. The molecule has 1 amide bonds. The predicted octanol–water partition coefficient (Wildman–Crippen LogP) is 1.39. The van der Waals surface area contributed by atoms with Crippen LogP contribution in [0.5, 0.6) is 0 Å². The lowest BCUT2D eigenvalue weighted by Gasteiger charge is -2.22. The van der Waals surface area contributed by atoms with Gasteiger partial charge in [-0.2, -0.15) is 11.8 Å². The van der Waals surface area contributed by atoms with Crippen LogP contribution < -0.4 is 10.6 Å². The van der Waals surface area contributed by atoms with E-state index in [1.165, 1.54) is 18.6 Å². The Morgan fingerprint density at radius 2 is 2.33 bits per heavy atom. The van der Waals surface area contributed by atoms with Gasteiger partial charge in [-0.05, 0) is 32.4 Å². The average Bonchev–Trinajstić information content (AvgIpc) is 2.61. The first-order valence-corrected chi connectivity index (χ1v) is 6.76. The van der Waals surface area contributed by atoms with Crippen molar-refractivity contribution in [1.82, 2.24) is 10.6 Å². The van der Waals surface area contributed by atoms with Crippen LogP contribution in [-0.4, -0.2) is 36.0 Å². The fraction of sp³-hybridized carbons (Fsp3) is 0.909. The Bertz CT molecular complexity index is 203. The number of amides is 1. The minimum atomic E-state index is 0.147. The number of rotatable bonds is 6. The minimum absolute atomic E-state index is 0.147. The van der Waals surface area contributed by atoms with Gasteiger partial charge in [0.2, 0.25) is 5.91 Å². The Labute approximate surface area is 96.8 Å². The summed E-state index contributed by atoms with van der Waals surface area (Å²) in [7, 11) is 0. The van der Waals surface area contributed by atoms with E-state index in [4.69, 9.17) is 0 Å². The highest BCUT2D eigenvalue weighted by Gasteiger charge is 2.28. The molecular formula is C11H22N2OS. The highest BCUT2D eigenvalue weighted by molar-refractivity contribution is 8.00. The molecular weight excluding hydrogens is 208 g/mol. The van der Waals surface area contributed by atoms with Crippen molar-refractivity contribution >= 4 is 17.7 Å². The summed E-state index contributed by atoms with van der Waals surface area (Å²) < 4.78 is 0.404. The SMILES string of the molecule is CCNC(=O)CCNCC1(C)CCCS1. The maximum atomic E-state index is 11.2. The Kier molecular flexibility index (Phi) is 5.47. The van der Waals surface area contributed by atoms with Crippen LogP contribution in [0.25, 0.3) is 0 Å². The van der Waals surface area contributed by atoms with Gasteiger partial charge in [-0.25, -0.2) is 0 Å². The Morgan fingerprint density at radius 3 is 2.93 bits per heavy atom. The summed E-state index contributed by atoms with van der Waals surface area (Å²) in [6.07, 6.45) is 3.22. The first-order chi connectivity index (χ1) is 7.16. The van der Waals surface area contributed by atoms with Crippen molar-refractivity contribution in [1.29, 1.82) is 0 Å². The van der Waals surface area contributed by atoms with Crippen molar-refractivity contribution in [2.45, 2.75) is 37.9 Å². The van der Waals surface area contributed by atoms with Gasteiger partial charge in [-0.3, -0.25) is 4.79 Å². The average molecular weight is 230 g/mol. The molecule has 1 rings (SSSR count). The van der Waals surface area contributed by atoms with E-state index in [0.717, 1.165) is 19.6 Å². The second-order valence-corrected chi connectivity index (χ2v) is 5.96. The van der Waals surface area contributed by atoms with Crippen LogP contribution in [-0.2, 0) is 4.79 Å². The molecule has 15 heavy (non-hydrogen) atoms. The summed E-state index contributed by atoms with van der Waals surface area (Å²) >= 11 is 2.05. The summed E-state index contributed by atoms with van der Waals surface area (Å²) in [4.78, 5) is 11.2. The largest absolute Gasteiger partial charge is 0.356 e. The smallest absolute Gasteiger partial charge is 0.221 e. The van der Waals surface area contributed by atoms with Gasteiger partial charge in [-0.15, -0.1) is 0 Å². The lowest BCUT2D eigenvalue weighted by Crippen LogP contribution is -2.35. The highest BCUT2D eigenvalue weighted by Crippen LogP contribution is 2.36. The molecule has 3 nitrogen and oxygen atoms in total. The van der Waals surface area contributed by atoms with Crippen molar-refractivity contribution in [2.75, 3.05) is 25.4 Å². The van der Waals surface area contributed by atoms with Crippen LogP contribution in [0.2, 0.25) is 0 Å². The zero-order valence-corrected chi connectivity index (χ0v) is 10.6. The van der Waals surface area contributed by atoms with Crippen molar-refractivity contribution in [3.63, 3.8) is 0 Å². The number of nitrogens with one attached hydrogen (secondary N) is 2. The van der Waals surface area contributed by atoms with Crippen molar-refractivity contribution < 1.29 is 4.79 Å².